The number of carbonyl (C=O) groups is 1. The van der Waals surface area contributed by atoms with E-state index in [1.807, 2.05) is 0 Å². The lowest BCUT2D eigenvalue weighted by Crippen LogP contribution is -2.39. The largest absolute Gasteiger partial charge is 0.389 e. The third-order valence-electron chi connectivity index (χ3n) is 1.87. The summed E-state index contributed by atoms with van der Waals surface area (Å²) in [6, 6.07) is 0. The van der Waals surface area contributed by atoms with E-state index in [9.17, 15) is 18.0 Å². The zero-order valence-corrected chi connectivity index (χ0v) is 6.45. The molecule has 0 saturated carbocycles. The molecule has 0 spiro atoms. The van der Waals surface area contributed by atoms with Crippen LogP contribution in [0.2, 0.25) is 0 Å². The van der Waals surface area contributed by atoms with Gasteiger partial charge in [-0.05, 0) is 0 Å². The number of rotatable bonds is 1. The molecule has 1 atom stereocenters. The molecule has 5 heteroatoms. The number of alkyl halides is 3. The molecular formula is C7H10F3NO. The quantitative estimate of drug-likeness (QED) is 0.656. The van der Waals surface area contributed by atoms with Gasteiger partial charge in [0, 0.05) is 25.4 Å². The van der Waals surface area contributed by atoms with E-state index < -0.39 is 18.5 Å². The summed E-state index contributed by atoms with van der Waals surface area (Å²) in [7, 11) is 0. The van der Waals surface area contributed by atoms with Crippen LogP contribution in [0.3, 0.4) is 0 Å². The summed E-state index contributed by atoms with van der Waals surface area (Å²) in [4.78, 5) is 10.9. The van der Waals surface area contributed by atoms with Crippen molar-refractivity contribution in [3.8, 4) is 0 Å². The van der Waals surface area contributed by atoms with Gasteiger partial charge in [0.1, 0.15) is 5.78 Å². The van der Waals surface area contributed by atoms with E-state index in [4.69, 9.17) is 0 Å². The van der Waals surface area contributed by atoms with Gasteiger partial charge in [-0.25, -0.2) is 0 Å². The Kier molecular flexibility index (Phi) is 2.72. The topological polar surface area (TPSA) is 29.1 Å². The second-order valence-electron chi connectivity index (χ2n) is 2.94. The van der Waals surface area contributed by atoms with Crippen LogP contribution in [0.15, 0.2) is 0 Å². The molecular weight excluding hydrogens is 171 g/mol. The maximum Gasteiger partial charge on any atom is 0.389 e. The summed E-state index contributed by atoms with van der Waals surface area (Å²) in [5.41, 5.74) is 0. The van der Waals surface area contributed by atoms with E-state index in [1.54, 1.807) is 0 Å². The van der Waals surface area contributed by atoms with Gasteiger partial charge < -0.3 is 5.32 Å². The average Bonchev–Trinajstić information content (AvgIpc) is 1.91. The highest BCUT2D eigenvalue weighted by molar-refractivity contribution is 5.82. The Morgan fingerprint density at radius 1 is 1.50 bits per heavy atom. The van der Waals surface area contributed by atoms with Crippen LogP contribution < -0.4 is 5.32 Å². The molecule has 1 rings (SSSR count). The van der Waals surface area contributed by atoms with Crippen LogP contribution in [-0.2, 0) is 4.79 Å². The van der Waals surface area contributed by atoms with Gasteiger partial charge in [-0.1, -0.05) is 0 Å². The molecule has 1 heterocycles. The number of hydrogen-bond donors (Lipinski definition) is 1. The van der Waals surface area contributed by atoms with Crippen LogP contribution in [0.25, 0.3) is 0 Å². The van der Waals surface area contributed by atoms with Crippen molar-refractivity contribution >= 4 is 5.78 Å². The van der Waals surface area contributed by atoms with Crippen molar-refractivity contribution in [1.82, 2.24) is 5.32 Å². The maximum absolute atomic E-state index is 11.8. The first-order valence-corrected chi connectivity index (χ1v) is 3.79. The minimum atomic E-state index is -4.22. The zero-order valence-electron chi connectivity index (χ0n) is 6.45. The summed E-state index contributed by atoms with van der Waals surface area (Å²) in [6.07, 6.45) is -4.99. The van der Waals surface area contributed by atoms with E-state index in [2.05, 4.69) is 5.32 Å². The Hall–Kier alpha value is -0.580. The summed E-state index contributed by atoms with van der Waals surface area (Å²) < 4.78 is 35.5. The monoisotopic (exact) mass is 181 g/mol. The van der Waals surface area contributed by atoms with E-state index in [0.29, 0.717) is 6.54 Å². The van der Waals surface area contributed by atoms with Crippen LogP contribution in [0.1, 0.15) is 12.8 Å². The number of hydrogen-bond acceptors (Lipinski definition) is 2. The van der Waals surface area contributed by atoms with Gasteiger partial charge in [0.05, 0.1) is 6.42 Å². The van der Waals surface area contributed by atoms with Crippen molar-refractivity contribution < 1.29 is 18.0 Å². The third-order valence-corrected chi connectivity index (χ3v) is 1.87. The predicted octanol–water partition coefficient (Wildman–Crippen LogP) is 1.12. The molecule has 12 heavy (non-hydrogen) atoms. The number of halogens is 3. The van der Waals surface area contributed by atoms with Crippen molar-refractivity contribution in [2.45, 2.75) is 19.0 Å². The van der Waals surface area contributed by atoms with Crippen LogP contribution in [-0.4, -0.2) is 25.0 Å². The van der Waals surface area contributed by atoms with Gasteiger partial charge in [0.2, 0.25) is 0 Å². The lowest BCUT2D eigenvalue weighted by molar-refractivity contribution is -0.154. The highest BCUT2D eigenvalue weighted by atomic mass is 19.4. The predicted molar refractivity (Wildman–Crippen MR) is 36.7 cm³/mol. The second kappa shape index (κ2) is 3.43. The standard InChI is InChI=1S/C7H10F3NO/c8-7(9,10)3-5-4-11-2-1-6(5)12/h5,11H,1-4H2. The molecule has 0 radical (unpaired) electrons. The van der Waals surface area contributed by atoms with Gasteiger partial charge in [0.15, 0.2) is 0 Å². The maximum atomic E-state index is 11.8. The number of nitrogens with one attached hydrogen (secondary N) is 1. The van der Waals surface area contributed by atoms with Crippen molar-refractivity contribution in [3.05, 3.63) is 0 Å². The van der Waals surface area contributed by atoms with E-state index in [1.165, 1.54) is 0 Å². The highest BCUT2D eigenvalue weighted by Gasteiger charge is 2.35. The second-order valence-corrected chi connectivity index (χ2v) is 2.94. The molecule has 1 unspecified atom stereocenters. The first-order valence-electron chi connectivity index (χ1n) is 3.79. The van der Waals surface area contributed by atoms with E-state index in [0.717, 1.165) is 0 Å². The van der Waals surface area contributed by atoms with Gasteiger partial charge >= 0.3 is 6.18 Å². The lowest BCUT2D eigenvalue weighted by Gasteiger charge is -2.22. The van der Waals surface area contributed by atoms with Gasteiger partial charge in [0.25, 0.3) is 0 Å². The average molecular weight is 181 g/mol. The Morgan fingerprint density at radius 2 is 2.17 bits per heavy atom. The SMILES string of the molecule is O=C1CCNCC1CC(F)(F)F. The molecule has 2 nitrogen and oxygen atoms in total. The molecule has 1 saturated heterocycles. The highest BCUT2D eigenvalue weighted by Crippen LogP contribution is 2.26. The lowest BCUT2D eigenvalue weighted by atomic mass is 9.94. The van der Waals surface area contributed by atoms with E-state index in [-0.39, 0.29) is 18.7 Å². The van der Waals surface area contributed by atoms with Crippen molar-refractivity contribution in [2.75, 3.05) is 13.1 Å². The molecule has 1 N–H and O–H groups in total. The fourth-order valence-electron chi connectivity index (χ4n) is 1.27. The molecule has 0 amide bonds. The third kappa shape index (κ3) is 2.81. The number of carbonyl (C=O) groups excluding carboxylic acids is 1. The fourth-order valence-corrected chi connectivity index (χ4v) is 1.27. The first-order chi connectivity index (χ1) is 5.49. The fraction of sp³-hybridized carbons (Fsp3) is 0.857. The summed E-state index contributed by atoms with van der Waals surface area (Å²) in [6.45, 7) is 0.672. The van der Waals surface area contributed by atoms with Crippen LogP contribution in [0.4, 0.5) is 13.2 Å². The number of Topliss-reactive ketones (excluding diaryl/α,β-unsaturated/α-hetero) is 1. The summed E-state index contributed by atoms with van der Waals surface area (Å²) in [5.74, 6) is -1.13. The van der Waals surface area contributed by atoms with Gasteiger partial charge in [-0.2, -0.15) is 13.2 Å². The normalized spacial score (nSPS) is 25.9. The van der Waals surface area contributed by atoms with Crippen molar-refractivity contribution in [3.63, 3.8) is 0 Å². The molecule has 0 aliphatic carbocycles. The minimum Gasteiger partial charge on any atom is -0.316 e. The van der Waals surface area contributed by atoms with Crippen molar-refractivity contribution in [2.24, 2.45) is 5.92 Å². The Labute approximate surface area is 68.1 Å². The van der Waals surface area contributed by atoms with E-state index >= 15 is 0 Å². The molecule has 0 aromatic rings. The summed E-state index contributed by atoms with van der Waals surface area (Å²) in [5, 5.41) is 2.77. The van der Waals surface area contributed by atoms with Crippen LogP contribution in [0.5, 0.6) is 0 Å². The molecule has 0 bridgehead atoms. The van der Waals surface area contributed by atoms with Gasteiger partial charge in [-0.3, -0.25) is 4.79 Å². The van der Waals surface area contributed by atoms with Crippen molar-refractivity contribution in [1.29, 1.82) is 0 Å². The summed E-state index contributed by atoms with van der Waals surface area (Å²) >= 11 is 0. The number of ketones is 1. The smallest absolute Gasteiger partial charge is 0.316 e. The Balaban J connectivity index is 2.45. The molecule has 0 aromatic heterocycles. The Bertz CT molecular complexity index is 178. The van der Waals surface area contributed by atoms with Crippen LogP contribution >= 0.6 is 0 Å². The first kappa shape index (κ1) is 9.51. The molecule has 70 valence electrons. The molecule has 0 aromatic carbocycles. The molecule has 1 aliphatic rings. The van der Waals surface area contributed by atoms with Crippen LogP contribution in [0, 0.1) is 5.92 Å². The van der Waals surface area contributed by atoms with Gasteiger partial charge in [-0.15, -0.1) is 0 Å². The number of piperidine rings is 1. The minimum absolute atomic E-state index is 0.165. The zero-order chi connectivity index (χ0) is 9.19. The molecule has 1 fully saturated rings. The Morgan fingerprint density at radius 3 is 2.67 bits per heavy atom. The molecule has 1 aliphatic heterocycles.